The van der Waals surface area contributed by atoms with Crippen molar-refractivity contribution >= 4 is 19.8 Å². The predicted molar refractivity (Wildman–Crippen MR) is 236 cm³/mol. The number of phosphoric ester groups is 1. The van der Waals surface area contributed by atoms with Gasteiger partial charge in [0.2, 0.25) is 0 Å². The number of rotatable bonds is 42. The van der Waals surface area contributed by atoms with E-state index in [2.05, 4.69) is 50.3 Å². The number of hydrogen-bond acceptors (Lipinski definition) is 8. The summed E-state index contributed by atoms with van der Waals surface area (Å²) in [7, 11) is 1.16. The van der Waals surface area contributed by atoms with Gasteiger partial charge in [0.05, 0.1) is 27.7 Å². The van der Waals surface area contributed by atoms with Crippen molar-refractivity contribution < 1.29 is 42.1 Å². The van der Waals surface area contributed by atoms with E-state index in [0.29, 0.717) is 17.4 Å². The highest BCUT2D eigenvalue weighted by atomic mass is 31.2. The third-order valence-corrected chi connectivity index (χ3v) is 10.8. The number of esters is 2. The fourth-order valence-corrected chi connectivity index (χ4v) is 6.94. The molecule has 0 aliphatic carbocycles. The molecule has 0 N–H and O–H groups in total. The molecule has 0 rings (SSSR count). The third-order valence-electron chi connectivity index (χ3n) is 9.88. The number of allylic oxidation sites excluding steroid dienone is 6. The molecule has 0 aliphatic rings. The van der Waals surface area contributed by atoms with Crippen LogP contribution in [0.4, 0.5) is 0 Å². The summed E-state index contributed by atoms with van der Waals surface area (Å²) in [6.07, 6.45) is 44.5. The average Bonchev–Trinajstić information content (AvgIpc) is 3.16. The molecule has 0 spiro atoms. The second-order valence-electron chi connectivity index (χ2n) is 16.8. The fraction of sp³-hybridized carbons (Fsp3) is 0.830. The van der Waals surface area contributed by atoms with Crippen LogP contribution in [0, 0.1) is 0 Å². The summed E-state index contributed by atoms with van der Waals surface area (Å²) in [5.41, 5.74) is 0. The van der Waals surface area contributed by atoms with E-state index >= 15 is 0 Å². The summed E-state index contributed by atoms with van der Waals surface area (Å²) in [6.45, 7) is 4.19. The zero-order chi connectivity index (χ0) is 42.1. The molecule has 9 nitrogen and oxygen atoms in total. The van der Waals surface area contributed by atoms with Crippen molar-refractivity contribution in [2.75, 3.05) is 47.5 Å². The van der Waals surface area contributed by atoms with Gasteiger partial charge in [0.1, 0.15) is 19.8 Å². The molecule has 57 heavy (non-hydrogen) atoms. The van der Waals surface area contributed by atoms with Gasteiger partial charge in [-0.2, -0.15) is 0 Å². The minimum Gasteiger partial charge on any atom is -0.756 e. The van der Waals surface area contributed by atoms with Crippen LogP contribution in [0.1, 0.15) is 200 Å². The van der Waals surface area contributed by atoms with E-state index < -0.39 is 32.5 Å². The average molecular weight is 826 g/mol. The highest BCUT2D eigenvalue weighted by Gasteiger charge is 2.21. The molecule has 0 amide bonds. The van der Waals surface area contributed by atoms with Gasteiger partial charge < -0.3 is 27.9 Å². The topological polar surface area (TPSA) is 111 Å². The van der Waals surface area contributed by atoms with Gasteiger partial charge in [0.15, 0.2) is 6.10 Å². The number of likely N-dealkylation sites (N-methyl/N-ethyl adjacent to an activating group) is 1. The lowest BCUT2D eigenvalue weighted by atomic mass is 10.1. The maximum Gasteiger partial charge on any atom is 0.306 e. The first kappa shape index (κ1) is 55.2. The summed E-state index contributed by atoms with van der Waals surface area (Å²) >= 11 is 0. The smallest absolute Gasteiger partial charge is 0.306 e. The van der Waals surface area contributed by atoms with E-state index in [4.69, 9.17) is 18.5 Å². The first-order chi connectivity index (χ1) is 27.5. The lowest BCUT2D eigenvalue weighted by molar-refractivity contribution is -0.870. The molecule has 0 aromatic heterocycles. The highest BCUT2D eigenvalue weighted by Crippen LogP contribution is 2.38. The Morgan fingerprint density at radius 2 is 0.947 bits per heavy atom. The molecule has 2 unspecified atom stereocenters. The van der Waals surface area contributed by atoms with Crippen molar-refractivity contribution in [3.63, 3.8) is 0 Å². The third kappa shape index (κ3) is 43.6. The molecule has 0 aromatic rings. The highest BCUT2D eigenvalue weighted by molar-refractivity contribution is 7.45. The SMILES string of the molecule is CCCCC/C=C\C/C=C\CCCCCCCCCCCC(=O)OC(COC(=O)CCCCCCC/C=C\CCCCCCC)COP(=O)([O-])OCC[N+](C)(C)C. The van der Waals surface area contributed by atoms with Crippen molar-refractivity contribution in [2.45, 2.75) is 206 Å². The molecule has 0 aromatic carbocycles. The number of hydrogen-bond donors (Lipinski definition) is 0. The molecule has 0 saturated heterocycles. The van der Waals surface area contributed by atoms with Gasteiger partial charge in [-0.1, -0.05) is 153 Å². The molecule has 0 heterocycles. The van der Waals surface area contributed by atoms with Crippen LogP contribution in [-0.4, -0.2) is 70.0 Å². The number of carbonyl (C=O) groups is 2. The molecule has 2 atom stereocenters. The zero-order valence-electron chi connectivity index (χ0n) is 37.5. The second kappa shape index (κ2) is 39.7. The minimum absolute atomic E-state index is 0.0330. The summed E-state index contributed by atoms with van der Waals surface area (Å²) < 4.78 is 33.9. The Labute approximate surface area is 351 Å². The van der Waals surface area contributed by atoms with E-state index in [0.717, 1.165) is 70.6 Å². The van der Waals surface area contributed by atoms with Crippen LogP contribution < -0.4 is 4.89 Å². The van der Waals surface area contributed by atoms with Crippen molar-refractivity contribution in [3.8, 4) is 0 Å². The molecule has 0 bridgehead atoms. The van der Waals surface area contributed by atoms with Crippen molar-refractivity contribution in [3.05, 3.63) is 36.5 Å². The summed E-state index contributed by atoms with van der Waals surface area (Å²) in [6, 6.07) is 0. The van der Waals surface area contributed by atoms with Crippen molar-refractivity contribution in [2.24, 2.45) is 0 Å². The molecular formula is C47H88NO8P. The van der Waals surface area contributed by atoms with Crippen LogP contribution >= 0.6 is 7.82 Å². The number of quaternary nitrogens is 1. The quantitative estimate of drug-likeness (QED) is 0.0197. The van der Waals surface area contributed by atoms with Gasteiger partial charge in [-0.25, -0.2) is 0 Å². The van der Waals surface area contributed by atoms with E-state index in [1.54, 1.807) is 0 Å². The molecule has 0 saturated carbocycles. The van der Waals surface area contributed by atoms with E-state index in [1.165, 1.54) is 96.3 Å². The van der Waals surface area contributed by atoms with Crippen LogP contribution in [0.25, 0.3) is 0 Å². The van der Waals surface area contributed by atoms with Crippen molar-refractivity contribution in [1.82, 2.24) is 0 Å². The summed E-state index contributed by atoms with van der Waals surface area (Å²) in [5, 5.41) is 0. The standard InChI is InChI=1S/C47H88NO8P/c1-6-8-10-12-14-16-18-20-22-23-24-25-26-28-30-32-34-36-38-40-47(50)56-45(44-55-57(51,52)54-42-41-48(3,4)5)43-53-46(49)39-37-35-33-31-29-27-21-19-17-15-13-11-9-7-2/h14,16,19-22,45H,6-13,15,17-18,23-44H2,1-5H3/b16-14-,21-19-,22-20-. The first-order valence-corrected chi connectivity index (χ1v) is 24.7. The molecule has 0 fully saturated rings. The largest absolute Gasteiger partial charge is 0.756 e. The van der Waals surface area contributed by atoms with Gasteiger partial charge in [-0.15, -0.1) is 0 Å². The second-order valence-corrected chi connectivity index (χ2v) is 18.2. The minimum atomic E-state index is -4.63. The summed E-state index contributed by atoms with van der Waals surface area (Å²) in [5.74, 6) is -0.846. The Bertz CT molecular complexity index is 1070. The van der Waals surface area contributed by atoms with Gasteiger partial charge in [-0.05, 0) is 70.6 Å². The maximum atomic E-state index is 12.7. The Balaban J connectivity index is 4.33. The van der Waals surface area contributed by atoms with Crippen LogP contribution in [0.5, 0.6) is 0 Å². The number of phosphoric acid groups is 1. The van der Waals surface area contributed by atoms with E-state index in [9.17, 15) is 19.0 Å². The Morgan fingerprint density at radius 3 is 1.44 bits per heavy atom. The lowest BCUT2D eigenvalue weighted by Crippen LogP contribution is -2.37. The Morgan fingerprint density at radius 1 is 0.544 bits per heavy atom. The first-order valence-electron chi connectivity index (χ1n) is 23.2. The summed E-state index contributed by atoms with van der Waals surface area (Å²) in [4.78, 5) is 37.6. The van der Waals surface area contributed by atoms with Crippen molar-refractivity contribution in [1.29, 1.82) is 0 Å². The fourth-order valence-electron chi connectivity index (χ4n) is 6.21. The van der Waals surface area contributed by atoms with E-state index in [1.807, 2.05) is 21.1 Å². The maximum absolute atomic E-state index is 12.7. The van der Waals surface area contributed by atoms with E-state index in [-0.39, 0.29) is 26.1 Å². The zero-order valence-corrected chi connectivity index (χ0v) is 38.4. The Kier molecular flexibility index (Phi) is 38.4. The van der Waals surface area contributed by atoms with Gasteiger partial charge >= 0.3 is 11.9 Å². The number of ether oxygens (including phenoxy) is 2. The van der Waals surface area contributed by atoms with Crippen LogP contribution in [-0.2, 0) is 32.7 Å². The normalized spacial score (nSPS) is 13.9. The number of carbonyl (C=O) groups excluding carboxylic acids is 2. The monoisotopic (exact) mass is 826 g/mol. The Hall–Kier alpha value is -1.77. The van der Waals surface area contributed by atoms with Crippen LogP contribution in [0.2, 0.25) is 0 Å². The number of nitrogens with zero attached hydrogens (tertiary/aromatic N) is 1. The molecule has 0 radical (unpaired) electrons. The predicted octanol–water partition coefficient (Wildman–Crippen LogP) is 12.7. The molecular weight excluding hydrogens is 737 g/mol. The molecule has 10 heteroatoms. The van der Waals surface area contributed by atoms with Gasteiger partial charge in [-0.3, -0.25) is 14.2 Å². The molecule has 334 valence electrons. The number of unbranched alkanes of at least 4 members (excludes halogenated alkanes) is 22. The molecule has 0 aliphatic heterocycles. The lowest BCUT2D eigenvalue weighted by Gasteiger charge is -2.28. The van der Waals surface area contributed by atoms with Gasteiger partial charge in [0.25, 0.3) is 7.82 Å². The van der Waals surface area contributed by atoms with Gasteiger partial charge in [0, 0.05) is 12.8 Å². The van der Waals surface area contributed by atoms with Crippen LogP contribution in [0.15, 0.2) is 36.5 Å². The van der Waals surface area contributed by atoms with Crippen LogP contribution in [0.3, 0.4) is 0 Å².